The molecule has 0 fully saturated rings. The molecule has 0 saturated carbocycles. The lowest BCUT2D eigenvalue weighted by atomic mass is 10.0. The Hall–Kier alpha value is -2.67. The van der Waals surface area contributed by atoms with Gasteiger partial charge in [0.05, 0.1) is 0 Å². The van der Waals surface area contributed by atoms with Crippen LogP contribution in [-0.2, 0) is 4.79 Å². The molecule has 0 atom stereocenters. The van der Waals surface area contributed by atoms with Gasteiger partial charge in [0.15, 0.2) is 11.5 Å². The van der Waals surface area contributed by atoms with E-state index in [0.29, 0.717) is 12.3 Å². The Morgan fingerprint density at radius 1 is 1.12 bits per heavy atom. The monoisotopic (exact) mass is 358 g/mol. The molecule has 2 amide bonds. The zero-order chi connectivity index (χ0) is 19.1. The lowest BCUT2D eigenvalue weighted by molar-refractivity contribution is -0.120. The summed E-state index contributed by atoms with van der Waals surface area (Å²) in [5.41, 5.74) is 3.27. The van der Waals surface area contributed by atoms with Gasteiger partial charge in [-0.2, -0.15) is 0 Å². The van der Waals surface area contributed by atoms with Crippen LogP contribution >= 0.6 is 0 Å². The van der Waals surface area contributed by atoms with Crippen LogP contribution in [-0.4, -0.2) is 55.6 Å². The maximum Gasteiger partial charge on any atom is 0.273 e. The number of hydrogen-bond acceptors (Lipinski definition) is 5. The highest BCUT2D eigenvalue weighted by Crippen LogP contribution is 2.25. The maximum absolute atomic E-state index is 12.2. The normalized spacial score (nSPS) is 10.8. The third kappa shape index (κ3) is 5.70. The zero-order valence-corrected chi connectivity index (χ0v) is 15.8. The molecule has 1 aromatic heterocycles. The van der Waals surface area contributed by atoms with E-state index >= 15 is 0 Å². The second-order valence-electron chi connectivity index (χ2n) is 6.55. The molecule has 0 aliphatic rings. The fourth-order valence-corrected chi connectivity index (χ4v) is 2.40. The average Bonchev–Trinajstić information content (AvgIpc) is 3.06. The van der Waals surface area contributed by atoms with Gasteiger partial charge >= 0.3 is 0 Å². The molecule has 7 nitrogen and oxygen atoms in total. The van der Waals surface area contributed by atoms with Crippen LogP contribution in [0.3, 0.4) is 0 Å². The Bertz CT molecular complexity index is 768. The van der Waals surface area contributed by atoms with Crippen LogP contribution in [0.2, 0.25) is 0 Å². The fourth-order valence-electron chi connectivity index (χ4n) is 2.40. The van der Waals surface area contributed by atoms with E-state index < -0.39 is 0 Å². The molecule has 26 heavy (non-hydrogen) atoms. The largest absolute Gasteiger partial charge is 0.355 e. The zero-order valence-electron chi connectivity index (χ0n) is 15.8. The highest BCUT2D eigenvalue weighted by Gasteiger charge is 2.15. The van der Waals surface area contributed by atoms with E-state index in [9.17, 15) is 9.59 Å². The number of carbonyl (C=O) groups is 2. The van der Waals surface area contributed by atoms with Gasteiger partial charge in [-0.1, -0.05) is 22.9 Å². The number of benzene rings is 1. The summed E-state index contributed by atoms with van der Waals surface area (Å²) >= 11 is 0. The second kappa shape index (κ2) is 9.15. The molecule has 2 aromatic rings. The predicted molar refractivity (Wildman–Crippen MR) is 99.9 cm³/mol. The first-order chi connectivity index (χ1) is 12.4. The Balaban J connectivity index is 1.84. The van der Waals surface area contributed by atoms with Gasteiger partial charge in [-0.05, 0) is 39.6 Å². The first-order valence-electron chi connectivity index (χ1n) is 8.61. The summed E-state index contributed by atoms with van der Waals surface area (Å²) in [6, 6.07) is 7.64. The smallest absolute Gasteiger partial charge is 0.273 e. The summed E-state index contributed by atoms with van der Waals surface area (Å²) in [6.45, 7) is 5.58. The van der Waals surface area contributed by atoms with Crippen LogP contribution in [0.5, 0.6) is 0 Å². The van der Waals surface area contributed by atoms with Crippen LogP contribution in [0.4, 0.5) is 0 Å². The first kappa shape index (κ1) is 19.7. The Morgan fingerprint density at radius 3 is 2.62 bits per heavy atom. The molecule has 0 unspecified atom stereocenters. The number of aromatic nitrogens is 1. The minimum absolute atomic E-state index is 0.0941. The van der Waals surface area contributed by atoms with E-state index in [4.69, 9.17) is 4.52 Å². The van der Waals surface area contributed by atoms with Crippen LogP contribution in [0.25, 0.3) is 11.3 Å². The van der Waals surface area contributed by atoms with E-state index in [1.165, 1.54) is 0 Å². The van der Waals surface area contributed by atoms with E-state index in [1.807, 2.05) is 51.0 Å². The number of likely N-dealkylation sites (N-methyl/N-ethyl adjacent to an activating group) is 1. The number of nitrogens with one attached hydrogen (secondary N) is 2. The molecule has 0 bridgehead atoms. The molecule has 2 rings (SSSR count). The van der Waals surface area contributed by atoms with Crippen LogP contribution < -0.4 is 10.6 Å². The Kier molecular flexibility index (Phi) is 6.91. The lowest BCUT2D eigenvalue weighted by Gasteiger charge is -2.10. The molecule has 0 aliphatic heterocycles. The van der Waals surface area contributed by atoms with Crippen LogP contribution in [0.1, 0.15) is 28.0 Å². The summed E-state index contributed by atoms with van der Waals surface area (Å²) < 4.78 is 5.32. The molecule has 1 heterocycles. The maximum atomic E-state index is 12.2. The van der Waals surface area contributed by atoms with E-state index in [2.05, 4.69) is 15.8 Å². The molecular formula is C19H26N4O3. The van der Waals surface area contributed by atoms with Crippen molar-refractivity contribution in [3.05, 3.63) is 41.1 Å². The molecular weight excluding hydrogens is 332 g/mol. The molecule has 0 radical (unpaired) electrons. The molecule has 7 heteroatoms. The Morgan fingerprint density at radius 2 is 1.88 bits per heavy atom. The summed E-state index contributed by atoms with van der Waals surface area (Å²) in [5, 5.41) is 9.32. The number of nitrogens with zero attached hydrogens (tertiary/aromatic N) is 2. The minimum atomic E-state index is -0.355. The van der Waals surface area contributed by atoms with Crippen molar-refractivity contribution < 1.29 is 14.1 Å². The molecule has 1 aromatic carbocycles. The van der Waals surface area contributed by atoms with Crippen molar-refractivity contribution in [1.82, 2.24) is 20.7 Å². The molecule has 0 saturated heterocycles. The summed E-state index contributed by atoms with van der Waals surface area (Å²) in [5.74, 6) is 0.104. The molecule has 2 N–H and O–H groups in total. The average molecular weight is 358 g/mol. The lowest BCUT2D eigenvalue weighted by Crippen LogP contribution is -2.34. The van der Waals surface area contributed by atoms with Crippen LogP contribution in [0.15, 0.2) is 28.8 Å². The first-order valence-corrected chi connectivity index (χ1v) is 8.61. The van der Waals surface area contributed by atoms with Crippen molar-refractivity contribution in [1.29, 1.82) is 0 Å². The predicted octanol–water partition coefficient (Wildman–Crippen LogP) is 1.76. The van der Waals surface area contributed by atoms with Crippen molar-refractivity contribution in [3.8, 4) is 11.3 Å². The quantitative estimate of drug-likeness (QED) is 0.751. The van der Waals surface area contributed by atoms with Gasteiger partial charge in [0.25, 0.3) is 5.91 Å². The van der Waals surface area contributed by atoms with E-state index in [0.717, 1.165) is 23.2 Å². The Labute approximate surface area is 153 Å². The minimum Gasteiger partial charge on any atom is -0.355 e. The van der Waals surface area contributed by atoms with Crippen molar-refractivity contribution in [2.75, 3.05) is 33.7 Å². The summed E-state index contributed by atoms with van der Waals surface area (Å²) in [6.07, 6.45) is 0.223. The number of aryl methyl sites for hydroxylation is 2. The van der Waals surface area contributed by atoms with Crippen molar-refractivity contribution in [2.45, 2.75) is 20.3 Å². The van der Waals surface area contributed by atoms with Crippen molar-refractivity contribution in [2.24, 2.45) is 0 Å². The summed E-state index contributed by atoms with van der Waals surface area (Å²) in [4.78, 5) is 25.8. The highest BCUT2D eigenvalue weighted by molar-refractivity contribution is 5.93. The second-order valence-corrected chi connectivity index (χ2v) is 6.55. The van der Waals surface area contributed by atoms with Crippen molar-refractivity contribution in [3.63, 3.8) is 0 Å². The standard InChI is InChI=1S/C19H26N4O3/c1-13-5-6-14(2)15(11-13)17-12-16(22-26-17)19(25)21-8-7-18(24)20-9-10-23(3)4/h5-6,11-12H,7-10H2,1-4H3,(H,20,24)(H,21,25). The summed E-state index contributed by atoms with van der Waals surface area (Å²) in [7, 11) is 3.88. The van der Waals surface area contributed by atoms with E-state index in [1.54, 1.807) is 6.07 Å². The molecule has 140 valence electrons. The van der Waals surface area contributed by atoms with Gasteiger partial charge in [-0.25, -0.2) is 0 Å². The van der Waals surface area contributed by atoms with Gasteiger partial charge in [-0.15, -0.1) is 0 Å². The van der Waals surface area contributed by atoms with Gasteiger partial charge in [-0.3, -0.25) is 9.59 Å². The van der Waals surface area contributed by atoms with Gasteiger partial charge in [0.1, 0.15) is 0 Å². The van der Waals surface area contributed by atoms with Crippen LogP contribution in [0, 0.1) is 13.8 Å². The number of amides is 2. The third-order valence-electron chi connectivity index (χ3n) is 3.92. The molecule has 0 spiro atoms. The topological polar surface area (TPSA) is 87.5 Å². The molecule has 0 aliphatic carbocycles. The van der Waals surface area contributed by atoms with E-state index in [-0.39, 0.29) is 30.5 Å². The number of hydrogen-bond donors (Lipinski definition) is 2. The third-order valence-corrected chi connectivity index (χ3v) is 3.92. The van der Waals surface area contributed by atoms with Gasteiger partial charge in [0, 0.05) is 37.7 Å². The number of rotatable bonds is 8. The van der Waals surface area contributed by atoms with Crippen molar-refractivity contribution >= 4 is 11.8 Å². The van der Waals surface area contributed by atoms with Gasteiger partial charge in [0.2, 0.25) is 5.91 Å². The highest BCUT2D eigenvalue weighted by atomic mass is 16.5. The SMILES string of the molecule is Cc1ccc(C)c(-c2cc(C(=O)NCCC(=O)NCCN(C)C)no2)c1. The number of carbonyl (C=O) groups excluding carboxylic acids is 2. The fraction of sp³-hybridized carbons (Fsp3) is 0.421. The van der Waals surface area contributed by atoms with Gasteiger partial charge < -0.3 is 20.1 Å².